The van der Waals surface area contributed by atoms with E-state index < -0.39 is 20.7 Å². The zero-order chi connectivity index (χ0) is 14.8. The summed E-state index contributed by atoms with van der Waals surface area (Å²) in [5.74, 6) is -0.898. The Balaban J connectivity index is 2.18. The topological polar surface area (TPSA) is 84.2 Å². The van der Waals surface area contributed by atoms with Crippen LogP contribution in [0.15, 0.2) is 35.4 Å². The molecular formula is C12H14FN3O3S. The van der Waals surface area contributed by atoms with Crippen LogP contribution in [0.4, 0.5) is 4.39 Å². The fourth-order valence-electron chi connectivity index (χ4n) is 1.66. The number of rotatable bonds is 5. The molecular weight excluding hydrogens is 285 g/mol. The largest absolute Gasteiger partial charge is 0.392 e. The van der Waals surface area contributed by atoms with Crippen molar-refractivity contribution in [3.8, 4) is 0 Å². The lowest BCUT2D eigenvalue weighted by atomic mass is 10.2. The van der Waals surface area contributed by atoms with Crippen LogP contribution in [-0.2, 0) is 30.2 Å². The smallest absolute Gasteiger partial charge is 0.243 e. The van der Waals surface area contributed by atoms with Gasteiger partial charge in [-0.1, -0.05) is 6.07 Å². The van der Waals surface area contributed by atoms with E-state index in [4.69, 9.17) is 5.11 Å². The summed E-state index contributed by atoms with van der Waals surface area (Å²) in [4.78, 5) is -0.453. The van der Waals surface area contributed by atoms with E-state index in [0.29, 0.717) is 11.3 Å². The lowest BCUT2D eigenvalue weighted by Gasteiger charge is -2.07. The van der Waals surface area contributed by atoms with Gasteiger partial charge < -0.3 is 5.11 Å². The molecule has 2 aromatic rings. The number of benzene rings is 1. The summed E-state index contributed by atoms with van der Waals surface area (Å²) in [6.07, 6.45) is 1.68. The van der Waals surface area contributed by atoms with Gasteiger partial charge in [-0.25, -0.2) is 17.5 Å². The lowest BCUT2D eigenvalue weighted by molar-refractivity contribution is 0.281. The first kappa shape index (κ1) is 14.6. The molecule has 108 valence electrons. The van der Waals surface area contributed by atoms with Crippen LogP contribution in [0, 0.1) is 5.82 Å². The second-order valence-electron chi connectivity index (χ2n) is 4.23. The van der Waals surface area contributed by atoms with Gasteiger partial charge in [-0.3, -0.25) is 4.68 Å². The highest BCUT2D eigenvalue weighted by molar-refractivity contribution is 7.89. The molecule has 0 spiro atoms. The van der Waals surface area contributed by atoms with Crippen molar-refractivity contribution in [3.63, 3.8) is 0 Å². The molecule has 0 atom stereocenters. The molecule has 0 amide bonds. The van der Waals surface area contributed by atoms with E-state index in [-0.39, 0.29) is 13.2 Å². The highest BCUT2D eigenvalue weighted by Crippen LogP contribution is 2.16. The van der Waals surface area contributed by atoms with Crippen LogP contribution in [0.1, 0.15) is 11.3 Å². The second-order valence-corrected chi connectivity index (χ2v) is 5.96. The summed E-state index contributed by atoms with van der Waals surface area (Å²) in [6.45, 7) is -0.372. The van der Waals surface area contributed by atoms with Crippen molar-refractivity contribution >= 4 is 10.0 Å². The van der Waals surface area contributed by atoms with Gasteiger partial charge in [-0.15, -0.1) is 0 Å². The SMILES string of the molecule is Cn1ccc(CNS(=O)(=O)c2ccc(CO)cc2F)n1. The van der Waals surface area contributed by atoms with Gasteiger partial charge in [-0.05, 0) is 23.8 Å². The van der Waals surface area contributed by atoms with Crippen molar-refractivity contribution in [1.29, 1.82) is 0 Å². The molecule has 0 unspecified atom stereocenters. The predicted molar refractivity (Wildman–Crippen MR) is 69.6 cm³/mol. The van der Waals surface area contributed by atoms with E-state index in [1.807, 2.05) is 0 Å². The van der Waals surface area contributed by atoms with E-state index in [0.717, 1.165) is 12.1 Å². The molecule has 1 aromatic heterocycles. The van der Waals surface area contributed by atoms with Crippen LogP contribution < -0.4 is 4.72 Å². The third-order valence-corrected chi connectivity index (χ3v) is 4.12. The van der Waals surface area contributed by atoms with Crippen LogP contribution >= 0.6 is 0 Å². The van der Waals surface area contributed by atoms with Gasteiger partial charge in [0.1, 0.15) is 10.7 Å². The zero-order valence-corrected chi connectivity index (χ0v) is 11.6. The number of hydrogen-bond donors (Lipinski definition) is 2. The monoisotopic (exact) mass is 299 g/mol. The highest BCUT2D eigenvalue weighted by Gasteiger charge is 2.19. The minimum atomic E-state index is -3.96. The number of aromatic nitrogens is 2. The molecule has 0 saturated heterocycles. The van der Waals surface area contributed by atoms with E-state index >= 15 is 0 Å². The summed E-state index contributed by atoms with van der Waals surface area (Å²) in [6, 6.07) is 5.14. The first-order valence-electron chi connectivity index (χ1n) is 5.80. The second kappa shape index (κ2) is 5.70. The molecule has 1 heterocycles. The minimum Gasteiger partial charge on any atom is -0.392 e. The number of hydrogen-bond acceptors (Lipinski definition) is 4. The maximum Gasteiger partial charge on any atom is 0.243 e. The molecule has 0 bridgehead atoms. The first-order chi connectivity index (χ1) is 9.42. The summed E-state index contributed by atoms with van der Waals surface area (Å²) < 4.78 is 41.5. The van der Waals surface area contributed by atoms with E-state index in [1.165, 1.54) is 6.07 Å². The molecule has 0 fully saturated rings. The molecule has 0 saturated carbocycles. The number of aliphatic hydroxyl groups excluding tert-OH is 1. The number of aliphatic hydroxyl groups is 1. The molecule has 0 aliphatic heterocycles. The highest BCUT2D eigenvalue weighted by atomic mass is 32.2. The van der Waals surface area contributed by atoms with Crippen molar-refractivity contribution in [3.05, 3.63) is 47.5 Å². The first-order valence-corrected chi connectivity index (χ1v) is 7.28. The zero-order valence-electron chi connectivity index (χ0n) is 10.7. The maximum absolute atomic E-state index is 13.7. The Morgan fingerprint density at radius 2 is 2.15 bits per heavy atom. The molecule has 0 aliphatic rings. The third-order valence-electron chi connectivity index (χ3n) is 2.68. The molecule has 0 aliphatic carbocycles. The molecule has 20 heavy (non-hydrogen) atoms. The summed E-state index contributed by atoms with van der Waals surface area (Å²) in [7, 11) is -2.25. The Labute approximate surface area is 115 Å². The average molecular weight is 299 g/mol. The van der Waals surface area contributed by atoms with Crippen LogP contribution in [0.2, 0.25) is 0 Å². The molecule has 8 heteroatoms. The molecule has 2 rings (SSSR count). The lowest BCUT2D eigenvalue weighted by Crippen LogP contribution is -2.24. The quantitative estimate of drug-likeness (QED) is 0.843. The number of aryl methyl sites for hydroxylation is 1. The van der Waals surface area contributed by atoms with E-state index in [1.54, 1.807) is 24.0 Å². The average Bonchev–Trinajstić information content (AvgIpc) is 2.82. The van der Waals surface area contributed by atoms with Crippen molar-refractivity contribution in [2.45, 2.75) is 18.0 Å². The summed E-state index contributed by atoms with van der Waals surface area (Å²) in [5.41, 5.74) is 0.842. The Hall–Kier alpha value is -1.77. The molecule has 2 N–H and O–H groups in total. The minimum absolute atomic E-state index is 0.0234. The van der Waals surface area contributed by atoms with Gasteiger partial charge in [-0.2, -0.15) is 5.10 Å². The van der Waals surface area contributed by atoms with Crippen molar-refractivity contribution in [1.82, 2.24) is 14.5 Å². The Morgan fingerprint density at radius 3 is 2.70 bits per heavy atom. The number of halogens is 1. The van der Waals surface area contributed by atoms with Crippen LogP contribution in [0.25, 0.3) is 0 Å². The number of nitrogens with zero attached hydrogens (tertiary/aromatic N) is 2. The van der Waals surface area contributed by atoms with Gasteiger partial charge >= 0.3 is 0 Å². The summed E-state index contributed by atoms with van der Waals surface area (Å²) >= 11 is 0. The Kier molecular flexibility index (Phi) is 4.17. The fraction of sp³-hybridized carbons (Fsp3) is 0.250. The molecule has 0 radical (unpaired) electrons. The molecule has 6 nitrogen and oxygen atoms in total. The van der Waals surface area contributed by atoms with Gasteiger partial charge in [0.05, 0.1) is 18.8 Å². The predicted octanol–water partition coefficient (Wildman–Crippen LogP) is 0.530. The van der Waals surface area contributed by atoms with Crippen molar-refractivity contribution < 1.29 is 17.9 Å². The van der Waals surface area contributed by atoms with Gasteiger partial charge in [0, 0.05) is 13.2 Å². The van der Waals surface area contributed by atoms with E-state index in [2.05, 4.69) is 9.82 Å². The Bertz CT molecular complexity index is 712. The van der Waals surface area contributed by atoms with Crippen LogP contribution in [-0.4, -0.2) is 23.3 Å². The van der Waals surface area contributed by atoms with Gasteiger partial charge in [0.2, 0.25) is 10.0 Å². The fourth-order valence-corrected chi connectivity index (χ4v) is 2.72. The van der Waals surface area contributed by atoms with Gasteiger partial charge in [0.15, 0.2) is 0 Å². The number of nitrogens with one attached hydrogen (secondary N) is 1. The normalized spacial score (nSPS) is 11.8. The number of sulfonamides is 1. The standard InChI is InChI=1S/C12H14FN3O3S/c1-16-5-4-10(15-16)7-14-20(18,19)12-3-2-9(8-17)6-11(12)13/h2-6,14,17H,7-8H2,1H3. The van der Waals surface area contributed by atoms with Crippen molar-refractivity contribution in [2.75, 3.05) is 0 Å². The van der Waals surface area contributed by atoms with Crippen LogP contribution in [0.5, 0.6) is 0 Å². The maximum atomic E-state index is 13.7. The van der Waals surface area contributed by atoms with Crippen LogP contribution in [0.3, 0.4) is 0 Å². The van der Waals surface area contributed by atoms with E-state index in [9.17, 15) is 12.8 Å². The molecule has 1 aromatic carbocycles. The third kappa shape index (κ3) is 3.21. The van der Waals surface area contributed by atoms with Crippen molar-refractivity contribution in [2.24, 2.45) is 7.05 Å². The summed E-state index contributed by atoms with van der Waals surface area (Å²) in [5, 5.41) is 12.9. The van der Waals surface area contributed by atoms with Gasteiger partial charge in [0.25, 0.3) is 0 Å². The Morgan fingerprint density at radius 1 is 1.40 bits per heavy atom.